The summed E-state index contributed by atoms with van der Waals surface area (Å²) < 4.78 is 107. The molecule has 0 radical (unpaired) electrons. The molecule has 31 heteroatoms. The van der Waals surface area contributed by atoms with Crippen LogP contribution in [0.15, 0.2) is 121 Å². The highest BCUT2D eigenvalue weighted by Gasteiger charge is 2.55. The molecule has 0 heterocycles. The molecule has 0 saturated heterocycles. The minimum atomic E-state index is -3.30. The molecule has 89 heavy (non-hydrogen) atoms. The SMILES string of the molecule is C[Si](C)(CCc1ccccc1)O[Si](C)(C)O[Si](C)(C)O[Si](C)(C)O[Si](C)(C)O[Si](C)(C)O[Si](C)(C)O[Si](C)(C)O[Si](C)(C)O[Si](C)(C)O[Si](C)(O[Si](C)(C)O[Si](C)(C)O[Si](C)(O[Si](C)(C)O[Si](C)(C)CCc1ccccc1)c1ccccc1)c1ccccc1. The molecule has 2 unspecified atom stereocenters. The van der Waals surface area contributed by atoms with Gasteiger partial charge in [-0.3, -0.25) is 0 Å². The monoisotopic (exact) mass is 1500 g/mol. The van der Waals surface area contributed by atoms with Gasteiger partial charge >= 0.3 is 120 Å². The van der Waals surface area contributed by atoms with Gasteiger partial charge in [0.05, 0.1) is 0 Å². The van der Waals surface area contributed by atoms with Crippen LogP contribution in [0, 0.1) is 0 Å². The van der Waals surface area contributed by atoms with E-state index in [4.69, 9.17) is 61.7 Å². The number of rotatable bonds is 38. The highest BCUT2D eigenvalue weighted by atomic mass is 28.5. The summed E-state index contributed by atoms with van der Waals surface area (Å²) in [5.74, 6) is 0. The van der Waals surface area contributed by atoms with Crippen LogP contribution in [0.5, 0.6) is 0 Å². The van der Waals surface area contributed by atoms with E-state index in [0.717, 1.165) is 35.3 Å². The van der Waals surface area contributed by atoms with Crippen molar-refractivity contribution in [3.05, 3.63) is 132 Å². The first kappa shape index (κ1) is 81.2. The van der Waals surface area contributed by atoms with Crippen molar-refractivity contribution in [1.82, 2.24) is 0 Å². The fourth-order valence-electron chi connectivity index (χ4n) is 12.8. The molecule has 0 aliphatic heterocycles. The van der Waals surface area contributed by atoms with Crippen molar-refractivity contribution in [2.24, 2.45) is 0 Å². The van der Waals surface area contributed by atoms with Crippen molar-refractivity contribution >= 4 is 147 Å². The minimum absolute atomic E-state index is 0.970. The van der Waals surface area contributed by atoms with Crippen LogP contribution in [0.1, 0.15) is 11.1 Å². The largest absolute Gasteiger partial charge is 0.436 e. The van der Waals surface area contributed by atoms with Gasteiger partial charge in [-0.15, -0.1) is 0 Å². The molecule has 0 bridgehead atoms. The molecular formula is C58H118O15Si16. The molecule has 2 atom stereocenters. The smallest absolute Gasteiger partial charge is 0.351 e. The summed E-state index contributed by atoms with van der Waals surface area (Å²) >= 11 is 0. The van der Waals surface area contributed by atoms with Crippen LogP contribution in [0.25, 0.3) is 0 Å². The second-order valence-corrected chi connectivity index (χ2v) is 89.3. The minimum Gasteiger partial charge on any atom is -0.436 e. The summed E-state index contributed by atoms with van der Waals surface area (Å²) in [6.07, 6.45) is 1.97. The first-order valence-electron chi connectivity index (χ1n) is 31.7. The highest BCUT2D eigenvalue weighted by Crippen LogP contribution is 2.35. The van der Waals surface area contributed by atoms with Crippen molar-refractivity contribution in [2.45, 2.75) is 221 Å². The van der Waals surface area contributed by atoms with Crippen LogP contribution < -0.4 is 10.4 Å². The van der Waals surface area contributed by atoms with Gasteiger partial charge in [-0.25, -0.2) is 0 Å². The van der Waals surface area contributed by atoms with Crippen LogP contribution in [-0.4, -0.2) is 136 Å². The molecule has 4 rings (SSSR count). The molecule has 4 aromatic rings. The molecule has 15 nitrogen and oxygen atoms in total. The average Bonchev–Trinajstić information content (AvgIpc) is 0.963. The molecule has 0 aliphatic carbocycles. The number of hydrogen-bond donors (Lipinski definition) is 0. The third kappa shape index (κ3) is 30.4. The van der Waals surface area contributed by atoms with E-state index in [0.29, 0.717) is 0 Å². The lowest BCUT2D eigenvalue weighted by Crippen LogP contribution is -2.67. The lowest BCUT2D eigenvalue weighted by atomic mass is 10.2. The molecule has 4 aromatic carbocycles. The molecule has 0 aliphatic rings. The third-order valence-corrected chi connectivity index (χ3v) is 77.1. The zero-order chi connectivity index (χ0) is 67.9. The quantitative estimate of drug-likeness (QED) is 0.0393. The predicted molar refractivity (Wildman–Crippen MR) is 406 cm³/mol. The van der Waals surface area contributed by atoms with Gasteiger partial charge in [-0.2, -0.15) is 0 Å². The highest BCUT2D eigenvalue weighted by molar-refractivity contribution is 6.99. The molecule has 0 saturated carbocycles. The first-order chi connectivity index (χ1) is 40.0. The Morgan fingerprint density at radius 2 is 0.348 bits per heavy atom. The number of aryl methyl sites for hydroxylation is 2. The van der Waals surface area contributed by atoms with Crippen LogP contribution >= 0.6 is 0 Å². The van der Waals surface area contributed by atoms with Gasteiger partial charge in [-0.1, -0.05) is 121 Å². The van der Waals surface area contributed by atoms with E-state index < -0.39 is 136 Å². The normalized spacial score (nSPS) is 15.9. The van der Waals surface area contributed by atoms with Crippen LogP contribution in [0.2, 0.25) is 208 Å². The van der Waals surface area contributed by atoms with Crippen molar-refractivity contribution in [3.63, 3.8) is 0 Å². The van der Waals surface area contributed by atoms with Crippen LogP contribution in [-0.2, 0) is 74.6 Å². The maximum atomic E-state index is 7.42. The second-order valence-electron chi connectivity index (χ2n) is 30.4. The topological polar surface area (TPSA) is 138 Å². The van der Waals surface area contributed by atoms with Gasteiger partial charge < -0.3 is 61.7 Å². The second kappa shape index (κ2) is 30.7. The molecule has 504 valence electrons. The summed E-state index contributed by atoms with van der Waals surface area (Å²) in [6.45, 7) is 63.8. The van der Waals surface area contributed by atoms with Crippen LogP contribution in [0.4, 0.5) is 0 Å². The zero-order valence-electron chi connectivity index (χ0n) is 60.5. The molecule has 0 fully saturated rings. The Morgan fingerprint density at radius 3 is 0.551 bits per heavy atom. The molecule has 0 N–H and O–H groups in total. The summed E-state index contributed by atoms with van der Waals surface area (Å²) in [6, 6.07) is 43.9. The summed E-state index contributed by atoms with van der Waals surface area (Å²) in [5.41, 5.74) is 2.66. The summed E-state index contributed by atoms with van der Waals surface area (Å²) in [5, 5.41) is 2.02. The van der Waals surface area contributed by atoms with E-state index >= 15 is 0 Å². The van der Waals surface area contributed by atoms with Gasteiger partial charge in [0.1, 0.15) is 0 Å². The Labute approximate surface area is 558 Å². The van der Waals surface area contributed by atoms with E-state index in [-0.39, 0.29) is 0 Å². The number of hydrogen-bond acceptors (Lipinski definition) is 15. The first-order valence-corrected chi connectivity index (χ1v) is 76.3. The molecule has 0 aromatic heterocycles. The Hall–Kier alpha value is -0.250. The Bertz CT molecular complexity index is 2820. The molecular weight excluding hydrogens is 1390 g/mol. The lowest BCUT2D eigenvalue weighted by molar-refractivity contribution is 0.252. The summed E-state index contributed by atoms with van der Waals surface area (Å²) in [7, 11) is -45.1. The van der Waals surface area contributed by atoms with E-state index in [1.807, 2.05) is 24.3 Å². The van der Waals surface area contributed by atoms with Crippen molar-refractivity contribution < 1.29 is 61.7 Å². The van der Waals surface area contributed by atoms with Gasteiger partial charge in [-0.05, 0) is 243 Å². The van der Waals surface area contributed by atoms with E-state index in [1.165, 1.54) is 11.1 Å². The average molecular weight is 1500 g/mol. The van der Waals surface area contributed by atoms with Crippen molar-refractivity contribution in [2.75, 3.05) is 0 Å². The van der Waals surface area contributed by atoms with E-state index in [9.17, 15) is 0 Å². The van der Waals surface area contributed by atoms with Crippen molar-refractivity contribution in [3.8, 4) is 0 Å². The third-order valence-electron chi connectivity index (χ3n) is 13.5. The molecule has 0 spiro atoms. The fraction of sp³-hybridized carbons (Fsp3) is 0.586. The zero-order valence-corrected chi connectivity index (χ0v) is 76.5. The Balaban J connectivity index is 1.42. The van der Waals surface area contributed by atoms with Gasteiger partial charge in [0.15, 0.2) is 16.6 Å². The maximum absolute atomic E-state index is 7.42. The van der Waals surface area contributed by atoms with E-state index in [1.54, 1.807) is 0 Å². The van der Waals surface area contributed by atoms with Gasteiger partial charge in [0, 0.05) is 0 Å². The fourth-order valence-corrected chi connectivity index (χ4v) is 94.8. The van der Waals surface area contributed by atoms with Gasteiger partial charge in [0.2, 0.25) is 0 Å². The maximum Gasteiger partial charge on any atom is 0.351 e. The molecule has 0 amide bonds. The Morgan fingerprint density at radius 1 is 0.191 bits per heavy atom. The number of benzene rings is 4. The predicted octanol–water partition coefficient (Wildman–Crippen LogP) is 16.5. The lowest BCUT2D eigenvalue weighted by Gasteiger charge is -2.46. The van der Waals surface area contributed by atoms with Gasteiger partial charge in [0.25, 0.3) is 0 Å². The summed E-state index contributed by atoms with van der Waals surface area (Å²) in [4.78, 5) is 0. The van der Waals surface area contributed by atoms with Crippen molar-refractivity contribution in [1.29, 1.82) is 0 Å². The van der Waals surface area contributed by atoms with Crippen LogP contribution in [0.3, 0.4) is 0 Å². The Kier molecular flexibility index (Phi) is 28.0. The van der Waals surface area contributed by atoms with E-state index in [2.05, 4.69) is 293 Å². The standard InChI is InChI=1S/C58H118O15Si16/c1-74(2,53-51-55-43-35-31-36-44-55)59-76(5,6)61-78(9,10)62-79(11,12)63-80(13,14)64-81(15,16)65-82(17,18)66-83(19,20)67-84(21,22)68-85(23,24)71-89(30,58-49-41-34-42-50-58)73-87(27,28)69-86(25,26)72-88(29,57-47-39-33-40-48-57)70-77(7,8)60-75(3,4)54-52-56-45-37-32-38-46-56/h31-50H,51-54H2,1-30H3.